The van der Waals surface area contributed by atoms with E-state index in [-0.39, 0.29) is 27.5 Å². The Kier molecular flexibility index (Phi) is 6.63. The van der Waals surface area contributed by atoms with Crippen LogP contribution in [0.4, 0.5) is 10.7 Å². The maximum absolute atomic E-state index is 13.2. The summed E-state index contributed by atoms with van der Waals surface area (Å²) in [5.74, 6) is -1.23. The number of aryl methyl sites for hydroxylation is 1. The van der Waals surface area contributed by atoms with Gasteiger partial charge in [0.25, 0.3) is 11.8 Å². The standard InChI is InChI=1S/C25H30N4O4S2/c1-6-33-24(32)18-11(2)16(20(27)30)23(34-18)29-21(31)19-17(26)14-10-12-9-13(25(3,4)5)7-8-15(12)28-22(14)35-19/h10,13H,6-9,26H2,1-5H3,(H2,27,30)(H,29,31). The number of ether oxygens (including phenoxy) is 1. The molecule has 10 heteroatoms. The number of rotatable bonds is 5. The number of thiophene rings is 2. The van der Waals surface area contributed by atoms with Gasteiger partial charge in [-0.2, -0.15) is 0 Å². The number of esters is 1. The Morgan fingerprint density at radius 3 is 2.57 bits per heavy atom. The summed E-state index contributed by atoms with van der Waals surface area (Å²) < 4.78 is 5.06. The van der Waals surface area contributed by atoms with Crippen molar-refractivity contribution in [1.82, 2.24) is 4.98 Å². The molecular formula is C25H30N4O4S2. The van der Waals surface area contributed by atoms with E-state index in [9.17, 15) is 14.4 Å². The highest BCUT2D eigenvalue weighted by molar-refractivity contribution is 7.21. The van der Waals surface area contributed by atoms with Crippen LogP contribution in [-0.4, -0.2) is 29.4 Å². The van der Waals surface area contributed by atoms with E-state index in [0.29, 0.717) is 26.9 Å². The number of nitrogens with one attached hydrogen (secondary N) is 1. The topological polar surface area (TPSA) is 137 Å². The molecule has 1 atom stereocenters. The smallest absolute Gasteiger partial charge is 0.348 e. The molecule has 3 aromatic heterocycles. The van der Waals surface area contributed by atoms with Gasteiger partial charge in [0.2, 0.25) is 0 Å². The van der Waals surface area contributed by atoms with E-state index < -0.39 is 17.8 Å². The van der Waals surface area contributed by atoms with E-state index in [4.69, 9.17) is 21.2 Å². The van der Waals surface area contributed by atoms with E-state index >= 15 is 0 Å². The maximum atomic E-state index is 13.2. The van der Waals surface area contributed by atoms with Crippen molar-refractivity contribution in [3.8, 4) is 0 Å². The van der Waals surface area contributed by atoms with Crippen LogP contribution in [0.2, 0.25) is 0 Å². The number of amides is 2. The summed E-state index contributed by atoms with van der Waals surface area (Å²) in [6.07, 6.45) is 2.92. The van der Waals surface area contributed by atoms with Crippen LogP contribution in [0.3, 0.4) is 0 Å². The Morgan fingerprint density at radius 1 is 1.23 bits per heavy atom. The van der Waals surface area contributed by atoms with Crippen molar-refractivity contribution in [3.63, 3.8) is 0 Å². The number of carbonyl (C=O) groups is 3. The number of aromatic nitrogens is 1. The minimum Gasteiger partial charge on any atom is -0.462 e. The van der Waals surface area contributed by atoms with E-state index in [1.54, 1.807) is 13.8 Å². The third-order valence-corrected chi connectivity index (χ3v) is 8.90. The van der Waals surface area contributed by atoms with Crippen molar-refractivity contribution >= 4 is 61.4 Å². The van der Waals surface area contributed by atoms with Crippen molar-refractivity contribution in [2.45, 2.75) is 53.9 Å². The van der Waals surface area contributed by atoms with Crippen LogP contribution in [0.25, 0.3) is 10.2 Å². The van der Waals surface area contributed by atoms with E-state index in [2.05, 4.69) is 32.2 Å². The van der Waals surface area contributed by atoms with Gasteiger partial charge in [0.1, 0.15) is 19.6 Å². The summed E-state index contributed by atoms with van der Waals surface area (Å²) >= 11 is 2.18. The van der Waals surface area contributed by atoms with Gasteiger partial charge in [-0.3, -0.25) is 9.59 Å². The molecule has 5 N–H and O–H groups in total. The summed E-state index contributed by atoms with van der Waals surface area (Å²) in [4.78, 5) is 43.7. The number of anilines is 2. The van der Waals surface area contributed by atoms with Gasteiger partial charge in [0.15, 0.2) is 0 Å². The quantitative estimate of drug-likeness (QED) is 0.413. The van der Waals surface area contributed by atoms with Crippen LogP contribution in [0, 0.1) is 18.3 Å². The fraction of sp³-hybridized carbons (Fsp3) is 0.440. The lowest BCUT2D eigenvalue weighted by atomic mass is 9.71. The molecule has 8 nitrogen and oxygen atoms in total. The number of primary amides is 1. The van der Waals surface area contributed by atoms with Gasteiger partial charge in [-0.25, -0.2) is 9.78 Å². The SMILES string of the molecule is CCOC(=O)c1sc(NC(=O)c2sc3nc4c(cc3c2N)CC(C(C)(C)C)CC4)c(C(N)=O)c1C. The first-order valence-electron chi connectivity index (χ1n) is 11.5. The number of fused-ring (bicyclic) bond motifs is 2. The van der Waals surface area contributed by atoms with Crippen LogP contribution in [0.5, 0.6) is 0 Å². The van der Waals surface area contributed by atoms with Crippen molar-refractivity contribution < 1.29 is 19.1 Å². The van der Waals surface area contributed by atoms with E-state index in [0.717, 1.165) is 41.7 Å². The van der Waals surface area contributed by atoms with Gasteiger partial charge in [-0.1, -0.05) is 20.8 Å². The normalized spacial score (nSPS) is 15.6. The molecule has 2 amide bonds. The Hall–Kier alpha value is -2.98. The number of hydrogen-bond donors (Lipinski definition) is 3. The molecule has 3 heterocycles. The summed E-state index contributed by atoms with van der Waals surface area (Å²) in [6, 6.07) is 2.07. The molecule has 0 aromatic carbocycles. The first-order chi connectivity index (χ1) is 16.4. The molecule has 1 aliphatic carbocycles. The van der Waals surface area contributed by atoms with Gasteiger partial charge in [-0.05, 0) is 61.6 Å². The maximum Gasteiger partial charge on any atom is 0.348 e. The van der Waals surface area contributed by atoms with Crippen molar-refractivity contribution in [2.24, 2.45) is 17.1 Å². The molecule has 0 saturated carbocycles. The van der Waals surface area contributed by atoms with Crippen LogP contribution >= 0.6 is 22.7 Å². The highest BCUT2D eigenvalue weighted by atomic mass is 32.1. The Bertz CT molecular complexity index is 1350. The summed E-state index contributed by atoms with van der Waals surface area (Å²) in [5, 5.41) is 3.70. The Morgan fingerprint density at radius 2 is 1.94 bits per heavy atom. The summed E-state index contributed by atoms with van der Waals surface area (Å²) in [7, 11) is 0. The fourth-order valence-electron chi connectivity index (χ4n) is 4.55. The molecule has 0 radical (unpaired) electrons. The van der Waals surface area contributed by atoms with Gasteiger partial charge in [0.05, 0.1) is 17.9 Å². The predicted octanol–water partition coefficient (Wildman–Crippen LogP) is 4.93. The lowest BCUT2D eigenvalue weighted by Crippen LogP contribution is -2.27. The zero-order valence-electron chi connectivity index (χ0n) is 20.5. The second kappa shape index (κ2) is 9.23. The zero-order valence-corrected chi connectivity index (χ0v) is 22.2. The van der Waals surface area contributed by atoms with Crippen LogP contribution < -0.4 is 16.8 Å². The average molecular weight is 515 g/mol. The monoisotopic (exact) mass is 514 g/mol. The van der Waals surface area contributed by atoms with Gasteiger partial charge < -0.3 is 21.5 Å². The summed E-state index contributed by atoms with van der Waals surface area (Å²) in [6.45, 7) is 10.3. The third-order valence-electron chi connectivity index (χ3n) is 6.60. The average Bonchev–Trinajstić information content (AvgIpc) is 3.27. The number of hydrogen-bond acceptors (Lipinski definition) is 8. The third kappa shape index (κ3) is 4.64. The molecule has 1 aliphatic rings. The second-order valence-electron chi connectivity index (χ2n) is 9.90. The Balaban J connectivity index is 1.68. The van der Waals surface area contributed by atoms with Crippen molar-refractivity contribution in [3.05, 3.63) is 38.2 Å². The number of nitrogens with two attached hydrogens (primary N) is 2. The number of nitrogen functional groups attached to an aromatic ring is 1. The number of carbonyl (C=O) groups excluding carboxylic acids is 3. The zero-order chi connectivity index (χ0) is 25.7. The second-order valence-corrected chi connectivity index (χ2v) is 11.9. The largest absolute Gasteiger partial charge is 0.462 e. The highest BCUT2D eigenvalue weighted by Gasteiger charge is 2.31. The summed E-state index contributed by atoms with van der Waals surface area (Å²) in [5.41, 5.74) is 15.2. The Labute approximate surface area is 212 Å². The molecule has 1 unspecified atom stereocenters. The number of pyridine rings is 1. The molecule has 4 rings (SSSR count). The fourth-order valence-corrected chi connectivity index (χ4v) is 6.64. The van der Waals surface area contributed by atoms with Crippen LogP contribution in [0.1, 0.15) is 80.6 Å². The van der Waals surface area contributed by atoms with E-state index in [1.807, 2.05) is 0 Å². The first-order valence-corrected chi connectivity index (χ1v) is 13.2. The van der Waals surface area contributed by atoms with Gasteiger partial charge in [-0.15, -0.1) is 22.7 Å². The minimum absolute atomic E-state index is 0.0906. The lowest BCUT2D eigenvalue weighted by molar-refractivity contribution is 0.0531. The molecule has 0 spiro atoms. The molecule has 3 aromatic rings. The van der Waals surface area contributed by atoms with Gasteiger partial charge >= 0.3 is 5.97 Å². The molecule has 0 aliphatic heterocycles. The van der Waals surface area contributed by atoms with E-state index in [1.165, 1.54) is 16.9 Å². The predicted molar refractivity (Wildman–Crippen MR) is 140 cm³/mol. The molecule has 0 bridgehead atoms. The molecule has 186 valence electrons. The first kappa shape index (κ1) is 25.1. The van der Waals surface area contributed by atoms with Gasteiger partial charge in [0, 0.05) is 11.1 Å². The minimum atomic E-state index is -0.739. The molecule has 0 saturated heterocycles. The van der Waals surface area contributed by atoms with Crippen molar-refractivity contribution in [1.29, 1.82) is 0 Å². The number of nitrogens with zero attached hydrogens (tertiary/aromatic N) is 1. The molecular weight excluding hydrogens is 484 g/mol. The van der Waals surface area contributed by atoms with Crippen molar-refractivity contribution in [2.75, 3.05) is 17.7 Å². The lowest BCUT2D eigenvalue weighted by Gasteiger charge is -2.34. The van der Waals surface area contributed by atoms with Crippen LogP contribution in [-0.2, 0) is 17.6 Å². The molecule has 0 fully saturated rings. The highest BCUT2D eigenvalue weighted by Crippen LogP contribution is 2.41. The van der Waals surface area contributed by atoms with Crippen LogP contribution in [0.15, 0.2) is 6.07 Å². The molecule has 35 heavy (non-hydrogen) atoms.